The van der Waals surface area contributed by atoms with Gasteiger partial charge in [-0.1, -0.05) is 29.3 Å². The predicted molar refractivity (Wildman–Crippen MR) is 134 cm³/mol. The Kier molecular flexibility index (Phi) is 7.48. The fraction of sp³-hybridized carbons (Fsp3) is 0.269. The summed E-state index contributed by atoms with van der Waals surface area (Å²) in [5.41, 5.74) is 6.49. The van der Waals surface area contributed by atoms with E-state index in [0.717, 1.165) is 23.1 Å². The van der Waals surface area contributed by atoms with E-state index in [1.807, 2.05) is 19.9 Å². The molecule has 4 rings (SSSR count). The van der Waals surface area contributed by atoms with Crippen molar-refractivity contribution in [3.63, 3.8) is 0 Å². The number of amides is 1. The molecular weight excluding hydrogens is 491 g/mol. The van der Waals surface area contributed by atoms with Gasteiger partial charge in [-0.05, 0) is 75.1 Å². The first-order valence-corrected chi connectivity index (χ1v) is 11.8. The summed E-state index contributed by atoms with van der Waals surface area (Å²) in [5.74, 6) is 0.568. The summed E-state index contributed by atoms with van der Waals surface area (Å²) in [5, 5.41) is 5.06. The lowest BCUT2D eigenvalue weighted by Gasteiger charge is -2.13. The van der Waals surface area contributed by atoms with Crippen molar-refractivity contribution in [3.05, 3.63) is 80.2 Å². The molecule has 1 heterocycles. The van der Waals surface area contributed by atoms with Crippen LogP contribution in [0.5, 0.6) is 11.5 Å². The van der Waals surface area contributed by atoms with E-state index in [2.05, 4.69) is 10.5 Å². The minimum absolute atomic E-state index is 0.135. The number of benzene rings is 2. The van der Waals surface area contributed by atoms with Gasteiger partial charge in [-0.2, -0.15) is 5.10 Å². The highest BCUT2D eigenvalue weighted by Crippen LogP contribution is 2.31. The van der Waals surface area contributed by atoms with Gasteiger partial charge in [0.25, 0.3) is 5.91 Å². The molecule has 1 amide bonds. The minimum Gasteiger partial charge on any atom is -0.482 e. The molecule has 182 valence electrons. The first-order chi connectivity index (χ1) is 16.7. The van der Waals surface area contributed by atoms with Gasteiger partial charge in [0.05, 0.1) is 10.7 Å². The smallest absolute Gasteiger partial charge is 0.379 e. The average molecular weight is 515 g/mol. The van der Waals surface area contributed by atoms with Crippen LogP contribution in [-0.2, 0) is 11.2 Å². The number of carbonyl (C=O) groups excluding carboxylic acids is 2. The number of fused-ring (bicyclic) bond motifs is 1. The Morgan fingerprint density at radius 1 is 1.06 bits per heavy atom. The third kappa shape index (κ3) is 5.86. The van der Waals surface area contributed by atoms with Crippen molar-refractivity contribution in [2.24, 2.45) is 5.10 Å². The van der Waals surface area contributed by atoms with Crippen LogP contribution < -0.4 is 14.9 Å². The number of hydrazone groups is 1. The Bertz CT molecular complexity index is 1310. The number of ether oxygens (including phenoxy) is 2. The van der Waals surface area contributed by atoms with Crippen LogP contribution in [0.3, 0.4) is 0 Å². The lowest BCUT2D eigenvalue weighted by Crippen LogP contribution is -2.27. The topological polar surface area (TPSA) is 90.1 Å². The molecule has 0 saturated carbocycles. The highest BCUT2D eigenvalue weighted by Gasteiger charge is 2.29. The summed E-state index contributed by atoms with van der Waals surface area (Å²) >= 11 is 11.9. The second kappa shape index (κ2) is 10.5. The highest BCUT2D eigenvalue weighted by molar-refractivity contribution is 6.35. The molecule has 0 saturated heterocycles. The molecule has 0 aliphatic heterocycles. The normalized spacial score (nSPS) is 13.9. The maximum absolute atomic E-state index is 12.9. The summed E-state index contributed by atoms with van der Waals surface area (Å²) in [6.07, 6.45) is 2.07. The molecule has 3 aromatic rings. The number of furan rings is 1. The van der Waals surface area contributed by atoms with Crippen LogP contribution >= 0.6 is 23.2 Å². The Balaban J connectivity index is 1.46. The monoisotopic (exact) mass is 514 g/mol. The van der Waals surface area contributed by atoms with Crippen LogP contribution in [0.2, 0.25) is 10.0 Å². The van der Waals surface area contributed by atoms with Gasteiger partial charge in [0.1, 0.15) is 17.3 Å². The zero-order valence-electron chi connectivity index (χ0n) is 19.5. The Labute approximate surface area is 213 Å². The maximum atomic E-state index is 12.9. The van der Waals surface area contributed by atoms with Gasteiger partial charge < -0.3 is 13.9 Å². The number of nitrogens with one attached hydrogen (secondary N) is 1. The van der Waals surface area contributed by atoms with Crippen molar-refractivity contribution >= 4 is 40.8 Å². The van der Waals surface area contributed by atoms with Gasteiger partial charge in [-0.3, -0.25) is 4.79 Å². The van der Waals surface area contributed by atoms with Crippen LogP contribution in [0.25, 0.3) is 0 Å². The third-order valence-electron chi connectivity index (χ3n) is 5.49. The molecule has 7 nitrogen and oxygen atoms in total. The van der Waals surface area contributed by atoms with Crippen molar-refractivity contribution in [1.29, 1.82) is 0 Å². The number of nitrogens with zero attached hydrogens (tertiary/aromatic N) is 1. The molecule has 0 radical (unpaired) electrons. The molecule has 1 aromatic heterocycles. The molecule has 1 aliphatic carbocycles. The highest BCUT2D eigenvalue weighted by atomic mass is 35.5. The second-order valence-corrected chi connectivity index (χ2v) is 9.22. The zero-order valence-corrected chi connectivity index (χ0v) is 21.0. The zero-order chi connectivity index (χ0) is 25.1. The van der Waals surface area contributed by atoms with Crippen molar-refractivity contribution < 1.29 is 23.5 Å². The molecule has 0 bridgehead atoms. The van der Waals surface area contributed by atoms with Crippen molar-refractivity contribution in [2.45, 2.75) is 40.0 Å². The SMILES string of the molecule is Cc1cc(C)cc(OC(=O)c2oc3c(c2C)/C(=N/NC(=O)COc2ccc(Cl)cc2Cl)CCC3)c1. The maximum Gasteiger partial charge on any atom is 0.379 e. The molecule has 0 atom stereocenters. The average Bonchev–Trinajstić information content (AvgIpc) is 3.13. The first-order valence-electron chi connectivity index (χ1n) is 11.1. The van der Waals surface area contributed by atoms with Gasteiger partial charge >= 0.3 is 5.97 Å². The van der Waals surface area contributed by atoms with E-state index < -0.39 is 11.9 Å². The van der Waals surface area contributed by atoms with E-state index >= 15 is 0 Å². The number of esters is 1. The Morgan fingerprint density at radius 2 is 1.80 bits per heavy atom. The van der Waals surface area contributed by atoms with Crippen LogP contribution in [-0.4, -0.2) is 24.2 Å². The fourth-order valence-electron chi connectivity index (χ4n) is 4.02. The summed E-state index contributed by atoms with van der Waals surface area (Å²) < 4.78 is 16.9. The standard InChI is InChI=1S/C26H24Cl2N2O5/c1-14-9-15(2)11-18(10-14)34-26(32)25-16(3)24-20(5-4-6-22(24)35-25)29-30-23(31)13-33-21-8-7-17(27)12-19(21)28/h7-12H,4-6,13H2,1-3H3,(H,30,31)/b29-20+. The molecular formula is C26H24Cl2N2O5. The van der Waals surface area contributed by atoms with Crippen LogP contribution in [0.4, 0.5) is 0 Å². The molecule has 0 spiro atoms. The molecule has 0 fully saturated rings. The molecule has 9 heteroatoms. The molecule has 0 unspecified atom stereocenters. The van der Waals surface area contributed by atoms with Crippen molar-refractivity contribution in [1.82, 2.24) is 5.43 Å². The van der Waals surface area contributed by atoms with Gasteiger partial charge in [-0.15, -0.1) is 0 Å². The van der Waals surface area contributed by atoms with Gasteiger partial charge in [0.2, 0.25) is 5.76 Å². The van der Waals surface area contributed by atoms with E-state index in [1.165, 1.54) is 6.07 Å². The third-order valence-corrected chi connectivity index (χ3v) is 6.02. The lowest BCUT2D eigenvalue weighted by atomic mass is 9.93. The molecule has 35 heavy (non-hydrogen) atoms. The lowest BCUT2D eigenvalue weighted by molar-refractivity contribution is -0.123. The number of halogens is 2. The number of aryl methyl sites for hydroxylation is 3. The number of hydrogen-bond acceptors (Lipinski definition) is 6. The number of carbonyl (C=O) groups is 2. The van der Waals surface area contributed by atoms with E-state index in [1.54, 1.807) is 31.2 Å². The Hall–Kier alpha value is -3.29. The summed E-state index contributed by atoms with van der Waals surface area (Å²) in [6.45, 7) is 5.39. The Morgan fingerprint density at radius 3 is 2.51 bits per heavy atom. The van der Waals surface area contributed by atoms with Crippen molar-refractivity contribution in [2.75, 3.05) is 6.61 Å². The largest absolute Gasteiger partial charge is 0.482 e. The van der Waals surface area contributed by atoms with Crippen molar-refractivity contribution in [3.8, 4) is 11.5 Å². The van der Waals surface area contributed by atoms with E-state index in [9.17, 15) is 9.59 Å². The summed E-state index contributed by atoms with van der Waals surface area (Å²) in [4.78, 5) is 25.2. The minimum atomic E-state index is -0.571. The van der Waals surface area contributed by atoms with Crippen LogP contribution in [0.1, 0.15) is 51.4 Å². The van der Waals surface area contributed by atoms with E-state index in [-0.39, 0.29) is 12.4 Å². The van der Waals surface area contributed by atoms with Gasteiger partial charge in [-0.25, -0.2) is 10.2 Å². The summed E-state index contributed by atoms with van der Waals surface area (Å²) in [6, 6.07) is 10.3. The first kappa shape index (κ1) is 24.8. The van der Waals surface area contributed by atoms with Crippen LogP contribution in [0, 0.1) is 20.8 Å². The molecule has 1 aliphatic rings. The molecule has 2 aromatic carbocycles. The molecule has 1 N–H and O–H groups in total. The second-order valence-electron chi connectivity index (χ2n) is 8.38. The van der Waals surface area contributed by atoms with Gasteiger partial charge in [0, 0.05) is 22.6 Å². The predicted octanol–water partition coefficient (Wildman–Crippen LogP) is 5.97. The number of rotatable bonds is 6. The summed E-state index contributed by atoms with van der Waals surface area (Å²) in [7, 11) is 0. The van der Waals surface area contributed by atoms with Gasteiger partial charge in [0.15, 0.2) is 6.61 Å². The quantitative estimate of drug-likeness (QED) is 0.248. The van der Waals surface area contributed by atoms with Crippen LogP contribution in [0.15, 0.2) is 45.9 Å². The van der Waals surface area contributed by atoms with E-state index in [4.69, 9.17) is 37.1 Å². The fourth-order valence-corrected chi connectivity index (χ4v) is 4.48. The number of hydrogen-bond donors (Lipinski definition) is 1. The van der Waals surface area contributed by atoms with E-state index in [0.29, 0.717) is 51.4 Å².